The zero-order valence-electron chi connectivity index (χ0n) is 18.8. The van der Waals surface area contributed by atoms with E-state index in [1.54, 1.807) is 31.4 Å². The molecule has 33 heavy (non-hydrogen) atoms. The van der Waals surface area contributed by atoms with E-state index in [1.807, 2.05) is 13.8 Å². The number of nitrogens with one attached hydrogen (secondary N) is 1. The number of aromatic nitrogens is 1. The van der Waals surface area contributed by atoms with Crippen LogP contribution >= 0.6 is 0 Å². The molecule has 176 valence electrons. The van der Waals surface area contributed by atoms with Gasteiger partial charge in [-0.05, 0) is 54.7 Å². The highest BCUT2D eigenvalue weighted by molar-refractivity contribution is 7.89. The number of hydrogen-bond acceptors (Lipinski definition) is 6. The number of rotatable bonds is 6. The van der Waals surface area contributed by atoms with Crippen molar-refractivity contribution < 1.29 is 22.4 Å². The Morgan fingerprint density at radius 3 is 2.42 bits per heavy atom. The smallest absolute Gasteiger partial charge is 0.420 e. The van der Waals surface area contributed by atoms with Crippen LogP contribution in [0, 0.1) is 11.8 Å². The van der Waals surface area contributed by atoms with Gasteiger partial charge in [0.2, 0.25) is 15.9 Å². The lowest BCUT2D eigenvalue weighted by atomic mass is 9.94. The highest BCUT2D eigenvalue weighted by Gasteiger charge is 2.32. The van der Waals surface area contributed by atoms with Gasteiger partial charge in [-0.3, -0.25) is 9.36 Å². The maximum atomic E-state index is 13.2. The Kier molecular flexibility index (Phi) is 6.31. The second kappa shape index (κ2) is 9.03. The van der Waals surface area contributed by atoms with Gasteiger partial charge in [0.1, 0.15) is 12.3 Å². The van der Waals surface area contributed by atoms with E-state index in [0.29, 0.717) is 30.0 Å². The molecule has 2 heterocycles. The zero-order valence-corrected chi connectivity index (χ0v) is 19.6. The van der Waals surface area contributed by atoms with Crippen molar-refractivity contribution in [2.75, 3.05) is 25.5 Å². The molecule has 1 aromatic heterocycles. The molecule has 0 aliphatic carbocycles. The molecule has 2 aromatic carbocycles. The van der Waals surface area contributed by atoms with Crippen molar-refractivity contribution in [3.8, 4) is 5.75 Å². The van der Waals surface area contributed by atoms with Crippen LogP contribution in [0.25, 0.3) is 11.1 Å². The summed E-state index contributed by atoms with van der Waals surface area (Å²) in [5.41, 5.74) is 1.03. The number of piperidine rings is 1. The van der Waals surface area contributed by atoms with Crippen molar-refractivity contribution in [3.05, 3.63) is 53.0 Å². The summed E-state index contributed by atoms with van der Waals surface area (Å²) < 4.78 is 39.4. The Hall–Kier alpha value is -3.11. The van der Waals surface area contributed by atoms with E-state index in [4.69, 9.17) is 9.15 Å². The molecular formula is C23H27N3O6S. The van der Waals surface area contributed by atoms with Gasteiger partial charge in [-0.25, -0.2) is 13.2 Å². The van der Waals surface area contributed by atoms with Crippen LogP contribution in [0.1, 0.15) is 20.3 Å². The first-order chi connectivity index (χ1) is 15.7. The molecule has 0 spiro atoms. The molecule has 4 rings (SSSR count). The molecule has 0 radical (unpaired) electrons. The third-order valence-corrected chi connectivity index (χ3v) is 7.62. The Labute approximate surface area is 192 Å². The van der Waals surface area contributed by atoms with E-state index in [2.05, 4.69) is 5.32 Å². The van der Waals surface area contributed by atoms with Gasteiger partial charge < -0.3 is 14.5 Å². The molecular weight excluding hydrogens is 446 g/mol. The first-order valence-electron chi connectivity index (χ1n) is 10.7. The number of carbonyl (C=O) groups excluding carboxylic acids is 1. The predicted molar refractivity (Wildman–Crippen MR) is 124 cm³/mol. The van der Waals surface area contributed by atoms with E-state index in [0.717, 1.165) is 6.42 Å². The number of fused-ring (bicyclic) bond motifs is 1. The molecule has 0 unspecified atom stereocenters. The fraction of sp³-hybridized carbons (Fsp3) is 0.391. The zero-order chi connectivity index (χ0) is 23.8. The minimum Gasteiger partial charge on any atom is -0.497 e. The van der Waals surface area contributed by atoms with Gasteiger partial charge in [-0.1, -0.05) is 13.8 Å². The summed E-state index contributed by atoms with van der Waals surface area (Å²) in [5.74, 6) is 0.0536. The SMILES string of the molecule is COc1ccc(NC(=O)Cn2c(=O)oc3cc(S(=O)(=O)N4C[C@H](C)C[C@H](C)C4)ccc32)cc1. The van der Waals surface area contributed by atoms with Gasteiger partial charge in [0, 0.05) is 24.8 Å². The predicted octanol–water partition coefficient (Wildman–Crippen LogP) is 2.91. The van der Waals surface area contributed by atoms with E-state index in [9.17, 15) is 18.0 Å². The molecule has 1 aliphatic rings. The number of benzene rings is 2. The number of amides is 1. The molecule has 1 amide bonds. The second-order valence-electron chi connectivity index (χ2n) is 8.63. The van der Waals surface area contributed by atoms with E-state index >= 15 is 0 Å². The van der Waals surface area contributed by atoms with Crippen LogP contribution in [0.5, 0.6) is 5.75 Å². The fourth-order valence-electron chi connectivity index (χ4n) is 4.33. The number of oxazole rings is 1. The van der Waals surface area contributed by atoms with Crippen LogP contribution in [-0.4, -0.2) is 43.4 Å². The number of ether oxygens (including phenoxy) is 1. The quantitative estimate of drug-likeness (QED) is 0.589. The summed E-state index contributed by atoms with van der Waals surface area (Å²) in [6.07, 6.45) is 0.987. The number of nitrogens with zero attached hydrogens (tertiary/aromatic N) is 2. The first-order valence-corrected chi connectivity index (χ1v) is 12.2. The second-order valence-corrected chi connectivity index (χ2v) is 10.6. The molecule has 1 aliphatic heterocycles. The minimum atomic E-state index is -3.72. The summed E-state index contributed by atoms with van der Waals surface area (Å²) in [6, 6.07) is 11.1. The summed E-state index contributed by atoms with van der Waals surface area (Å²) in [6.45, 7) is 4.72. The lowest BCUT2D eigenvalue weighted by Gasteiger charge is -2.34. The fourth-order valence-corrected chi connectivity index (χ4v) is 6.02. The number of methoxy groups -OCH3 is 1. The summed E-state index contributed by atoms with van der Waals surface area (Å²) in [4.78, 5) is 24.9. The van der Waals surface area contributed by atoms with Gasteiger partial charge in [-0.15, -0.1) is 0 Å². The lowest BCUT2D eigenvalue weighted by molar-refractivity contribution is -0.116. The van der Waals surface area contributed by atoms with Gasteiger partial charge >= 0.3 is 5.76 Å². The number of carbonyl (C=O) groups is 1. The third-order valence-electron chi connectivity index (χ3n) is 5.79. The molecule has 1 fully saturated rings. The summed E-state index contributed by atoms with van der Waals surface area (Å²) in [7, 11) is -2.17. The van der Waals surface area contributed by atoms with Gasteiger partial charge in [0.05, 0.1) is 17.5 Å². The molecule has 3 aromatic rings. The molecule has 9 nitrogen and oxygen atoms in total. The van der Waals surface area contributed by atoms with Gasteiger partial charge in [0.15, 0.2) is 5.58 Å². The molecule has 1 saturated heterocycles. The standard InChI is InChI=1S/C23H27N3O6S/c1-15-10-16(2)13-25(12-15)33(29,30)19-8-9-20-21(11-19)32-23(28)26(20)14-22(27)24-17-4-6-18(31-3)7-5-17/h4-9,11,15-16H,10,12-14H2,1-3H3,(H,24,27)/t15-,16+. The van der Waals surface area contributed by atoms with Crippen molar-refractivity contribution in [2.24, 2.45) is 11.8 Å². The molecule has 2 atom stereocenters. The molecule has 0 saturated carbocycles. The topological polar surface area (TPSA) is 111 Å². The minimum absolute atomic E-state index is 0.0693. The first kappa shape index (κ1) is 23.1. The average Bonchev–Trinajstić information content (AvgIpc) is 3.07. The van der Waals surface area contributed by atoms with E-state index in [1.165, 1.54) is 27.1 Å². The highest BCUT2D eigenvalue weighted by atomic mass is 32.2. The van der Waals surface area contributed by atoms with Crippen LogP contribution in [-0.2, 0) is 21.4 Å². The van der Waals surface area contributed by atoms with Crippen LogP contribution in [0.3, 0.4) is 0 Å². The highest BCUT2D eigenvalue weighted by Crippen LogP contribution is 2.28. The Morgan fingerprint density at radius 2 is 1.79 bits per heavy atom. The molecule has 0 bridgehead atoms. The van der Waals surface area contributed by atoms with Crippen molar-refractivity contribution >= 4 is 32.7 Å². The third kappa shape index (κ3) is 4.81. The number of sulfonamides is 1. The van der Waals surface area contributed by atoms with Crippen LogP contribution in [0.4, 0.5) is 5.69 Å². The largest absolute Gasteiger partial charge is 0.497 e. The van der Waals surface area contributed by atoms with Crippen molar-refractivity contribution in [1.29, 1.82) is 0 Å². The Morgan fingerprint density at radius 1 is 1.12 bits per heavy atom. The number of hydrogen-bond donors (Lipinski definition) is 1. The maximum absolute atomic E-state index is 13.2. The molecule has 10 heteroatoms. The van der Waals surface area contributed by atoms with Gasteiger partial charge in [0.25, 0.3) is 0 Å². The van der Waals surface area contributed by atoms with Gasteiger partial charge in [-0.2, -0.15) is 4.31 Å². The summed E-state index contributed by atoms with van der Waals surface area (Å²) >= 11 is 0. The van der Waals surface area contributed by atoms with Crippen LogP contribution in [0.2, 0.25) is 0 Å². The average molecular weight is 474 g/mol. The van der Waals surface area contributed by atoms with Crippen LogP contribution in [0.15, 0.2) is 56.6 Å². The normalized spacial score (nSPS) is 19.5. The van der Waals surface area contributed by atoms with Crippen molar-refractivity contribution in [1.82, 2.24) is 8.87 Å². The molecule has 1 N–H and O–H groups in total. The Balaban J connectivity index is 1.56. The lowest BCUT2D eigenvalue weighted by Crippen LogP contribution is -2.42. The number of anilines is 1. The summed E-state index contributed by atoms with van der Waals surface area (Å²) in [5, 5.41) is 2.71. The Bertz CT molecular complexity index is 1320. The van der Waals surface area contributed by atoms with E-state index < -0.39 is 21.7 Å². The van der Waals surface area contributed by atoms with Crippen molar-refractivity contribution in [2.45, 2.75) is 31.7 Å². The van der Waals surface area contributed by atoms with Crippen LogP contribution < -0.4 is 15.8 Å². The van der Waals surface area contributed by atoms with E-state index in [-0.39, 0.29) is 28.9 Å². The monoisotopic (exact) mass is 473 g/mol. The maximum Gasteiger partial charge on any atom is 0.420 e. The van der Waals surface area contributed by atoms with Crippen molar-refractivity contribution in [3.63, 3.8) is 0 Å².